The van der Waals surface area contributed by atoms with Crippen LogP contribution in [-0.4, -0.2) is 19.1 Å². The summed E-state index contributed by atoms with van der Waals surface area (Å²) in [6.07, 6.45) is 2.97. The molecule has 0 saturated heterocycles. The topological polar surface area (TPSA) is 15.3 Å². The summed E-state index contributed by atoms with van der Waals surface area (Å²) in [5, 5.41) is 3.49. The second kappa shape index (κ2) is 7.93. The molecule has 1 aromatic carbocycles. The molecule has 1 N–H and O–H groups in total. The van der Waals surface area contributed by atoms with Gasteiger partial charge in [-0.15, -0.1) is 6.58 Å². The Morgan fingerprint density at radius 1 is 1.22 bits per heavy atom. The molecule has 1 unspecified atom stereocenters. The van der Waals surface area contributed by atoms with E-state index in [0.29, 0.717) is 6.04 Å². The fourth-order valence-electron chi connectivity index (χ4n) is 2.04. The molecule has 0 saturated carbocycles. The number of hydrogen-bond acceptors (Lipinski definition) is 2. The summed E-state index contributed by atoms with van der Waals surface area (Å²) in [7, 11) is 0. The van der Waals surface area contributed by atoms with Crippen molar-refractivity contribution in [3.63, 3.8) is 0 Å². The van der Waals surface area contributed by atoms with Gasteiger partial charge in [-0.25, -0.2) is 0 Å². The molecular weight excluding hydrogens is 220 g/mol. The Morgan fingerprint density at radius 2 is 1.83 bits per heavy atom. The molecule has 1 atom stereocenters. The predicted molar refractivity (Wildman–Crippen MR) is 81.1 cm³/mol. The van der Waals surface area contributed by atoms with Gasteiger partial charge < -0.3 is 10.2 Å². The Hall–Kier alpha value is -1.28. The lowest BCUT2D eigenvalue weighted by molar-refractivity contribution is 0.554. The van der Waals surface area contributed by atoms with Gasteiger partial charge in [0.15, 0.2) is 0 Å². The number of nitrogens with one attached hydrogen (secondary N) is 1. The van der Waals surface area contributed by atoms with Crippen LogP contribution in [0, 0.1) is 0 Å². The van der Waals surface area contributed by atoms with Gasteiger partial charge in [0.1, 0.15) is 0 Å². The lowest BCUT2D eigenvalue weighted by atomic mass is 10.1. The van der Waals surface area contributed by atoms with E-state index in [0.717, 1.165) is 26.1 Å². The van der Waals surface area contributed by atoms with Crippen molar-refractivity contribution in [2.75, 3.05) is 18.0 Å². The minimum absolute atomic E-state index is 0.491. The van der Waals surface area contributed by atoms with E-state index in [-0.39, 0.29) is 0 Å². The van der Waals surface area contributed by atoms with E-state index in [9.17, 15) is 0 Å². The van der Waals surface area contributed by atoms with Crippen LogP contribution in [0.3, 0.4) is 0 Å². The van der Waals surface area contributed by atoms with E-state index in [1.807, 2.05) is 6.08 Å². The Kier molecular flexibility index (Phi) is 6.51. The second-order valence-electron chi connectivity index (χ2n) is 4.65. The predicted octanol–water partition coefficient (Wildman–Crippen LogP) is 3.59. The van der Waals surface area contributed by atoms with E-state index in [1.54, 1.807) is 0 Å². The molecule has 1 aromatic rings. The van der Waals surface area contributed by atoms with Crippen molar-refractivity contribution >= 4 is 5.69 Å². The number of benzene rings is 1. The van der Waals surface area contributed by atoms with Crippen molar-refractivity contribution in [1.29, 1.82) is 0 Å². The summed E-state index contributed by atoms with van der Waals surface area (Å²) in [5.74, 6) is 0. The fraction of sp³-hybridized carbons (Fsp3) is 0.500. The van der Waals surface area contributed by atoms with E-state index in [1.165, 1.54) is 11.3 Å². The van der Waals surface area contributed by atoms with E-state index >= 15 is 0 Å². The first-order valence-corrected chi connectivity index (χ1v) is 6.89. The molecule has 0 bridgehead atoms. The smallest absolute Gasteiger partial charge is 0.0366 e. The van der Waals surface area contributed by atoms with Crippen LogP contribution in [-0.2, 0) is 6.54 Å². The zero-order chi connectivity index (χ0) is 13.4. The van der Waals surface area contributed by atoms with Crippen molar-refractivity contribution in [2.45, 2.75) is 39.8 Å². The summed E-state index contributed by atoms with van der Waals surface area (Å²) < 4.78 is 0. The van der Waals surface area contributed by atoms with Gasteiger partial charge >= 0.3 is 0 Å². The molecule has 2 nitrogen and oxygen atoms in total. The molecule has 0 aromatic heterocycles. The maximum Gasteiger partial charge on any atom is 0.0366 e. The highest BCUT2D eigenvalue weighted by atomic mass is 15.1. The summed E-state index contributed by atoms with van der Waals surface area (Å²) in [6.45, 7) is 13.4. The van der Waals surface area contributed by atoms with Crippen LogP contribution >= 0.6 is 0 Å². The third-order valence-electron chi connectivity index (χ3n) is 3.24. The van der Waals surface area contributed by atoms with Gasteiger partial charge in [-0.2, -0.15) is 0 Å². The molecule has 100 valence electrons. The quantitative estimate of drug-likeness (QED) is 0.705. The normalized spacial score (nSPS) is 12.2. The van der Waals surface area contributed by atoms with Gasteiger partial charge in [0.2, 0.25) is 0 Å². The second-order valence-corrected chi connectivity index (χ2v) is 4.65. The summed E-state index contributed by atoms with van der Waals surface area (Å²) in [5.41, 5.74) is 2.64. The van der Waals surface area contributed by atoms with Crippen LogP contribution in [0.2, 0.25) is 0 Å². The first-order valence-electron chi connectivity index (χ1n) is 6.89. The summed E-state index contributed by atoms with van der Waals surface area (Å²) >= 11 is 0. The van der Waals surface area contributed by atoms with Crippen molar-refractivity contribution in [2.24, 2.45) is 0 Å². The van der Waals surface area contributed by atoms with Crippen LogP contribution in [0.25, 0.3) is 0 Å². The zero-order valence-electron chi connectivity index (χ0n) is 11.9. The van der Waals surface area contributed by atoms with Crippen molar-refractivity contribution < 1.29 is 0 Å². The summed E-state index contributed by atoms with van der Waals surface area (Å²) in [4.78, 5) is 2.36. The third-order valence-corrected chi connectivity index (χ3v) is 3.24. The molecule has 2 heteroatoms. The van der Waals surface area contributed by atoms with E-state index in [4.69, 9.17) is 0 Å². The Morgan fingerprint density at radius 3 is 2.33 bits per heavy atom. The lowest BCUT2D eigenvalue weighted by Crippen LogP contribution is -2.25. The molecule has 0 radical (unpaired) electrons. The highest BCUT2D eigenvalue weighted by Gasteiger charge is 2.02. The van der Waals surface area contributed by atoms with Gasteiger partial charge in [0, 0.05) is 31.4 Å². The molecular formula is C16H26N2. The molecule has 0 aliphatic carbocycles. The lowest BCUT2D eigenvalue weighted by Gasteiger charge is -2.21. The Balaban J connectivity index is 2.52. The van der Waals surface area contributed by atoms with Gasteiger partial charge in [-0.05, 0) is 44.9 Å². The first-order chi connectivity index (χ1) is 8.71. The van der Waals surface area contributed by atoms with Crippen molar-refractivity contribution in [3.05, 3.63) is 42.5 Å². The van der Waals surface area contributed by atoms with Crippen LogP contribution < -0.4 is 10.2 Å². The highest BCUT2D eigenvalue weighted by molar-refractivity contribution is 5.47. The minimum atomic E-state index is 0.491. The molecule has 18 heavy (non-hydrogen) atoms. The van der Waals surface area contributed by atoms with Crippen LogP contribution in [0.1, 0.15) is 32.8 Å². The average molecular weight is 246 g/mol. The van der Waals surface area contributed by atoms with Gasteiger partial charge in [-0.3, -0.25) is 0 Å². The van der Waals surface area contributed by atoms with Crippen molar-refractivity contribution in [3.8, 4) is 0 Å². The fourth-order valence-corrected chi connectivity index (χ4v) is 2.04. The van der Waals surface area contributed by atoms with Crippen LogP contribution in [0.4, 0.5) is 5.69 Å². The van der Waals surface area contributed by atoms with Gasteiger partial charge in [0.25, 0.3) is 0 Å². The third kappa shape index (κ3) is 4.53. The minimum Gasteiger partial charge on any atom is -0.372 e. The van der Waals surface area contributed by atoms with Gasteiger partial charge in [-0.1, -0.05) is 18.2 Å². The molecule has 0 heterocycles. The number of hydrogen-bond donors (Lipinski definition) is 1. The number of nitrogens with zero attached hydrogens (tertiary/aromatic N) is 1. The number of rotatable bonds is 8. The monoisotopic (exact) mass is 246 g/mol. The van der Waals surface area contributed by atoms with E-state index < -0.39 is 0 Å². The Labute approximate surface area is 112 Å². The molecule has 0 aliphatic heterocycles. The van der Waals surface area contributed by atoms with Gasteiger partial charge in [0.05, 0.1) is 0 Å². The SMILES string of the molecule is C=CCC(C)NCc1ccc(N(CC)CC)cc1. The maximum atomic E-state index is 3.76. The average Bonchev–Trinajstić information content (AvgIpc) is 2.39. The zero-order valence-corrected chi connectivity index (χ0v) is 11.9. The van der Waals surface area contributed by atoms with E-state index in [2.05, 4.69) is 61.8 Å². The summed E-state index contributed by atoms with van der Waals surface area (Å²) in [6, 6.07) is 9.33. The molecule has 0 amide bonds. The Bertz CT molecular complexity index is 339. The molecule has 0 aliphatic rings. The highest BCUT2D eigenvalue weighted by Crippen LogP contribution is 2.14. The molecule has 1 rings (SSSR count). The van der Waals surface area contributed by atoms with Crippen molar-refractivity contribution in [1.82, 2.24) is 5.32 Å². The standard InChI is InChI=1S/C16H26N2/c1-5-8-14(4)17-13-15-9-11-16(12-10-15)18(6-2)7-3/h5,9-12,14,17H,1,6-8,13H2,2-4H3. The number of anilines is 1. The van der Waals surface area contributed by atoms with Crippen LogP contribution in [0.5, 0.6) is 0 Å². The maximum absolute atomic E-state index is 3.76. The molecule has 0 spiro atoms. The largest absolute Gasteiger partial charge is 0.372 e. The molecule has 0 fully saturated rings. The first kappa shape index (κ1) is 14.8. The van der Waals surface area contributed by atoms with Crippen LogP contribution in [0.15, 0.2) is 36.9 Å².